The fourth-order valence-corrected chi connectivity index (χ4v) is 9.34. The number of rotatable bonds is 6. The molecule has 13 rings (SSSR count). The molecule has 0 spiro atoms. The van der Waals surface area contributed by atoms with Gasteiger partial charge in [0.2, 0.25) is 5.95 Å². The zero-order chi connectivity index (χ0) is 45.8. The zero-order valence-corrected chi connectivity index (χ0v) is 33.5. The first-order valence-corrected chi connectivity index (χ1v) is 20.8. The third-order valence-electron chi connectivity index (χ3n) is 12.1. The predicted octanol–water partition coefficient (Wildman–Crippen LogP) is 14.6. The van der Waals surface area contributed by atoms with Gasteiger partial charge in [-0.15, -0.1) is 0 Å². The van der Waals surface area contributed by atoms with Gasteiger partial charge in [-0.3, -0.25) is 4.57 Å². The molecule has 63 heavy (non-hydrogen) atoms. The fourth-order valence-electron chi connectivity index (χ4n) is 9.34. The highest BCUT2D eigenvalue weighted by molar-refractivity contribution is 6.17. The minimum atomic E-state index is -0.506. The van der Waals surface area contributed by atoms with Crippen molar-refractivity contribution in [3.05, 3.63) is 212 Å². The van der Waals surface area contributed by atoms with Gasteiger partial charge in [0.05, 0.1) is 34.5 Å². The van der Waals surface area contributed by atoms with Crippen molar-refractivity contribution in [1.82, 2.24) is 24.1 Å². The van der Waals surface area contributed by atoms with Crippen LogP contribution >= 0.6 is 0 Å². The highest BCUT2D eigenvalue weighted by Gasteiger charge is 2.24. The summed E-state index contributed by atoms with van der Waals surface area (Å²) < 4.78 is 55.2. The van der Waals surface area contributed by atoms with Crippen LogP contribution in [-0.2, 0) is 0 Å². The van der Waals surface area contributed by atoms with Crippen molar-refractivity contribution in [2.24, 2.45) is 0 Å². The number of benzene rings is 9. The standard InChI is InChI=1S/C57H35N5O/c1-3-17-36(18-4-1)38-21-15-22-39(33-38)41-27-16-32-52-53(41)46-34-40(61-48-28-11-7-23-42(48)43-24-8-12-29-49(43)61)35-47(54(46)63-52)56-58-55(37-19-5-2-6-20-37)59-57(60-56)62-50-30-13-9-25-44(50)45-26-10-14-31-51(45)62/h1-35H/i2D,5D,6D,19D,20D. The van der Waals surface area contributed by atoms with Crippen LogP contribution < -0.4 is 0 Å². The molecule has 0 unspecified atom stereocenters. The van der Waals surface area contributed by atoms with E-state index in [2.05, 4.69) is 89.5 Å². The monoisotopic (exact) mass is 810 g/mol. The molecule has 0 aliphatic heterocycles. The van der Waals surface area contributed by atoms with E-state index < -0.39 is 30.2 Å². The topological polar surface area (TPSA) is 61.7 Å². The Hall–Kier alpha value is -8.61. The van der Waals surface area contributed by atoms with Crippen molar-refractivity contribution in [3.8, 4) is 56.7 Å². The fraction of sp³-hybridized carbons (Fsp3) is 0. The lowest BCUT2D eigenvalue weighted by Crippen LogP contribution is -2.06. The van der Waals surface area contributed by atoms with Gasteiger partial charge in [0, 0.05) is 43.6 Å². The van der Waals surface area contributed by atoms with E-state index in [1.165, 1.54) is 0 Å². The van der Waals surface area contributed by atoms with Crippen LogP contribution in [-0.4, -0.2) is 24.1 Å². The zero-order valence-electron chi connectivity index (χ0n) is 38.5. The van der Waals surface area contributed by atoms with E-state index in [-0.39, 0.29) is 23.2 Å². The first-order chi connectivity index (χ1) is 33.3. The number of aromatic nitrogens is 5. The number of nitrogens with zero attached hydrogens (tertiary/aromatic N) is 5. The molecule has 294 valence electrons. The Labute approximate surface area is 368 Å². The summed E-state index contributed by atoms with van der Waals surface area (Å²) in [4.78, 5) is 15.4. The van der Waals surface area contributed by atoms with Crippen LogP contribution in [0.25, 0.3) is 122 Å². The Kier molecular flexibility index (Phi) is 6.75. The van der Waals surface area contributed by atoms with E-state index in [1.807, 2.05) is 102 Å². The molecule has 0 amide bonds. The molecule has 0 fully saturated rings. The molecule has 6 heteroatoms. The Morgan fingerprint density at radius 3 is 1.62 bits per heavy atom. The Morgan fingerprint density at radius 2 is 0.952 bits per heavy atom. The minimum absolute atomic E-state index is 0.0752. The van der Waals surface area contributed by atoms with Crippen molar-refractivity contribution < 1.29 is 11.3 Å². The SMILES string of the molecule is [2H]c1c([2H])c([2H])c(-c2nc(-c3cc(-n4c5ccccc5c5ccccc54)cc4c3oc3cccc(-c5cccc(-c6ccccc6)c5)c34)nc(-n3c4ccccc4c4ccccc43)n2)c([2H])c1[2H]. The molecule has 0 saturated heterocycles. The molecule has 0 bridgehead atoms. The Balaban J connectivity index is 1.17. The van der Waals surface area contributed by atoms with Crippen LogP contribution in [0.1, 0.15) is 6.85 Å². The lowest BCUT2D eigenvalue weighted by Gasteiger charge is -2.13. The van der Waals surface area contributed by atoms with E-state index >= 15 is 0 Å². The van der Waals surface area contributed by atoms with Gasteiger partial charge in [-0.2, -0.15) is 9.97 Å². The third-order valence-corrected chi connectivity index (χ3v) is 12.1. The van der Waals surface area contributed by atoms with Gasteiger partial charge >= 0.3 is 0 Å². The molecular weight excluding hydrogens is 771 g/mol. The molecule has 0 atom stereocenters. The summed E-state index contributed by atoms with van der Waals surface area (Å²) in [6.45, 7) is 0. The normalized spacial score (nSPS) is 12.9. The van der Waals surface area contributed by atoms with Crippen LogP contribution in [0.3, 0.4) is 0 Å². The average molecular weight is 811 g/mol. The van der Waals surface area contributed by atoms with E-state index in [9.17, 15) is 0 Å². The second-order valence-corrected chi connectivity index (χ2v) is 15.6. The number of fused-ring (bicyclic) bond motifs is 9. The summed E-state index contributed by atoms with van der Waals surface area (Å²) in [5, 5.41) is 5.87. The quantitative estimate of drug-likeness (QED) is 0.168. The molecule has 0 aliphatic carbocycles. The van der Waals surface area contributed by atoms with Gasteiger partial charge in [0.15, 0.2) is 11.6 Å². The van der Waals surface area contributed by atoms with Crippen LogP contribution in [0.5, 0.6) is 0 Å². The summed E-state index contributed by atoms with van der Waals surface area (Å²) in [6.07, 6.45) is 0. The van der Waals surface area contributed by atoms with Gasteiger partial charge in [-0.05, 0) is 70.8 Å². The molecule has 0 saturated carbocycles. The van der Waals surface area contributed by atoms with Crippen molar-refractivity contribution in [2.75, 3.05) is 0 Å². The molecule has 0 aliphatic rings. The predicted molar refractivity (Wildman–Crippen MR) is 258 cm³/mol. The van der Waals surface area contributed by atoms with Gasteiger partial charge in [0.25, 0.3) is 0 Å². The Bertz CT molecular complexity index is 4100. The van der Waals surface area contributed by atoms with E-state index in [4.69, 9.17) is 26.2 Å². The van der Waals surface area contributed by atoms with Gasteiger partial charge in [-0.1, -0.05) is 164 Å². The minimum Gasteiger partial charge on any atom is -0.455 e. The van der Waals surface area contributed by atoms with Crippen LogP contribution in [0.4, 0.5) is 0 Å². The number of hydrogen-bond donors (Lipinski definition) is 0. The highest BCUT2D eigenvalue weighted by Crippen LogP contribution is 2.44. The van der Waals surface area contributed by atoms with Crippen molar-refractivity contribution >= 4 is 65.6 Å². The van der Waals surface area contributed by atoms with Crippen molar-refractivity contribution in [2.45, 2.75) is 0 Å². The highest BCUT2D eigenvalue weighted by atomic mass is 16.3. The molecule has 0 radical (unpaired) electrons. The average Bonchev–Trinajstić information content (AvgIpc) is 4.05. The number of furan rings is 1. The molecule has 9 aromatic carbocycles. The maximum Gasteiger partial charge on any atom is 0.238 e. The molecule has 0 N–H and O–H groups in total. The molecule has 4 heterocycles. The first kappa shape index (κ1) is 30.4. The largest absolute Gasteiger partial charge is 0.455 e. The summed E-state index contributed by atoms with van der Waals surface area (Å²) in [6, 6.07) is 59.5. The smallest absolute Gasteiger partial charge is 0.238 e. The lowest BCUT2D eigenvalue weighted by molar-refractivity contribution is 0.669. The third kappa shape index (κ3) is 5.55. The molecule has 6 nitrogen and oxygen atoms in total. The second-order valence-electron chi connectivity index (χ2n) is 15.6. The van der Waals surface area contributed by atoms with Crippen LogP contribution in [0.2, 0.25) is 0 Å². The van der Waals surface area contributed by atoms with Crippen molar-refractivity contribution in [1.29, 1.82) is 0 Å². The van der Waals surface area contributed by atoms with Crippen molar-refractivity contribution in [3.63, 3.8) is 0 Å². The van der Waals surface area contributed by atoms with E-state index in [0.29, 0.717) is 16.7 Å². The van der Waals surface area contributed by atoms with Crippen LogP contribution in [0.15, 0.2) is 217 Å². The maximum atomic E-state index is 9.12. The summed E-state index contributed by atoms with van der Waals surface area (Å²) in [5.41, 5.74) is 10.2. The number of hydrogen-bond acceptors (Lipinski definition) is 4. The van der Waals surface area contributed by atoms with Gasteiger partial charge < -0.3 is 8.98 Å². The Morgan fingerprint density at radius 1 is 0.397 bits per heavy atom. The summed E-state index contributed by atoms with van der Waals surface area (Å²) in [5.74, 6) is 0.325. The number of para-hydroxylation sites is 4. The second kappa shape index (κ2) is 14.0. The summed E-state index contributed by atoms with van der Waals surface area (Å²) >= 11 is 0. The molecule has 4 aromatic heterocycles. The molecule has 13 aromatic rings. The van der Waals surface area contributed by atoms with E-state index in [1.54, 1.807) is 0 Å². The summed E-state index contributed by atoms with van der Waals surface area (Å²) in [7, 11) is 0. The molecular formula is C57H35N5O. The van der Waals surface area contributed by atoms with Gasteiger partial charge in [0.1, 0.15) is 11.2 Å². The van der Waals surface area contributed by atoms with Gasteiger partial charge in [-0.25, -0.2) is 4.98 Å². The van der Waals surface area contributed by atoms with E-state index in [0.717, 1.165) is 82.3 Å². The first-order valence-electron chi connectivity index (χ1n) is 23.3. The maximum absolute atomic E-state index is 9.12. The van der Waals surface area contributed by atoms with Crippen LogP contribution in [0, 0.1) is 0 Å². The lowest BCUT2D eigenvalue weighted by atomic mass is 9.95.